The standard InChI is InChI=1S/C17H24N2O3S/c1-19-6-4-13(12-19)11-18-17(20)5-9-23-14-2-3-15-16(10-14)22-8-7-21-15/h2-3,10,13H,4-9,11-12H2,1H3,(H,18,20)/t13-/m0/s1. The van der Waals surface area contributed by atoms with Gasteiger partial charge in [-0.1, -0.05) is 0 Å². The number of nitrogens with one attached hydrogen (secondary N) is 1. The molecule has 0 unspecified atom stereocenters. The molecular formula is C17H24N2O3S. The van der Waals surface area contributed by atoms with Gasteiger partial charge in [-0.15, -0.1) is 11.8 Å². The summed E-state index contributed by atoms with van der Waals surface area (Å²) in [5.41, 5.74) is 0. The van der Waals surface area contributed by atoms with Crippen LogP contribution in [0.25, 0.3) is 0 Å². The van der Waals surface area contributed by atoms with E-state index >= 15 is 0 Å². The molecule has 0 bridgehead atoms. The zero-order valence-electron chi connectivity index (χ0n) is 13.5. The fourth-order valence-electron chi connectivity index (χ4n) is 2.91. The molecule has 1 aromatic carbocycles. The minimum absolute atomic E-state index is 0.143. The maximum atomic E-state index is 11.9. The topological polar surface area (TPSA) is 50.8 Å². The monoisotopic (exact) mass is 336 g/mol. The van der Waals surface area contributed by atoms with Gasteiger partial charge in [0.25, 0.3) is 0 Å². The molecule has 1 atom stereocenters. The van der Waals surface area contributed by atoms with E-state index in [4.69, 9.17) is 9.47 Å². The van der Waals surface area contributed by atoms with Gasteiger partial charge in [0, 0.05) is 30.2 Å². The van der Waals surface area contributed by atoms with Crippen LogP contribution in [0.4, 0.5) is 0 Å². The molecule has 2 heterocycles. The number of ether oxygens (including phenoxy) is 2. The summed E-state index contributed by atoms with van der Waals surface area (Å²) in [7, 11) is 2.13. The van der Waals surface area contributed by atoms with Crippen molar-refractivity contribution in [1.82, 2.24) is 10.2 Å². The van der Waals surface area contributed by atoms with Gasteiger partial charge in [0.05, 0.1) is 0 Å². The van der Waals surface area contributed by atoms with Crippen molar-refractivity contribution in [3.63, 3.8) is 0 Å². The number of thioether (sulfide) groups is 1. The fraction of sp³-hybridized carbons (Fsp3) is 0.588. The van der Waals surface area contributed by atoms with Crippen molar-refractivity contribution in [2.24, 2.45) is 5.92 Å². The molecule has 0 saturated carbocycles. The third-order valence-electron chi connectivity index (χ3n) is 4.19. The number of rotatable bonds is 6. The van der Waals surface area contributed by atoms with Crippen molar-refractivity contribution in [2.45, 2.75) is 17.7 Å². The molecule has 0 aromatic heterocycles. The number of amides is 1. The predicted molar refractivity (Wildman–Crippen MR) is 91.4 cm³/mol. The molecule has 0 aliphatic carbocycles. The quantitative estimate of drug-likeness (QED) is 0.806. The van der Waals surface area contributed by atoms with Crippen LogP contribution in [0.5, 0.6) is 11.5 Å². The van der Waals surface area contributed by atoms with Crippen LogP contribution in [0.1, 0.15) is 12.8 Å². The molecule has 1 saturated heterocycles. The summed E-state index contributed by atoms with van der Waals surface area (Å²) in [6.07, 6.45) is 1.73. The number of likely N-dealkylation sites (tertiary alicyclic amines) is 1. The van der Waals surface area contributed by atoms with Gasteiger partial charge in [0.15, 0.2) is 11.5 Å². The highest BCUT2D eigenvalue weighted by Crippen LogP contribution is 2.34. The summed E-state index contributed by atoms with van der Waals surface area (Å²) < 4.78 is 11.1. The zero-order valence-corrected chi connectivity index (χ0v) is 14.4. The lowest BCUT2D eigenvalue weighted by Crippen LogP contribution is -2.30. The van der Waals surface area contributed by atoms with E-state index in [1.165, 1.54) is 6.42 Å². The van der Waals surface area contributed by atoms with Crippen LogP contribution in [0.15, 0.2) is 23.1 Å². The molecule has 126 valence electrons. The van der Waals surface area contributed by atoms with E-state index < -0.39 is 0 Å². The van der Waals surface area contributed by atoms with Crippen molar-refractivity contribution in [3.05, 3.63) is 18.2 Å². The normalized spacial score (nSPS) is 20.5. The van der Waals surface area contributed by atoms with Gasteiger partial charge in [0.2, 0.25) is 5.91 Å². The molecule has 0 radical (unpaired) electrons. The Morgan fingerprint density at radius 1 is 1.35 bits per heavy atom. The highest BCUT2D eigenvalue weighted by molar-refractivity contribution is 7.99. The molecule has 6 heteroatoms. The first-order chi connectivity index (χ1) is 11.2. The Morgan fingerprint density at radius 3 is 2.96 bits per heavy atom. The van der Waals surface area contributed by atoms with Crippen molar-refractivity contribution < 1.29 is 14.3 Å². The lowest BCUT2D eigenvalue weighted by molar-refractivity contribution is -0.120. The number of fused-ring (bicyclic) bond motifs is 1. The Hall–Kier alpha value is -1.40. The average Bonchev–Trinajstić information content (AvgIpc) is 2.98. The van der Waals surface area contributed by atoms with Crippen LogP contribution >= 0.6 is 11.8 Å². The van der Waals surface area contributed by atoms with Crippen molar-refractivity contribution >= 4 is 17.7 Å². The first-order valence-electron chi connectivity index (χ1n) is 8.18. The maximum Gasteiger partial charge on any atom is 0.220 e. The molecular weight excluding hydrogens is 312 g/mol. The van der Waals surface area contributed by atoms with Gasteiger partial charge in [0.1, 0.15) is 13.2 Å². The zero-order chi connectivity index (χ0) is 16.1. The van der Waals surface area contributed by atoms with E-state index in [0.29, 0.717) is 25.6 Å². The minimum atomic E-state index is 0.143. The lowest BCUT2D eigenvalue weighted by atomic mass is 10.1. The van der Waals surface area contributed by atoms with Gasteiger partial charge in [-0.3, -0.25) is 4.79 Å². The van der Waals surface area contributed by atoms with Crippen LogP contribution in [-0.4, -0.2) is 56.5 Å². The van der Waals surface area contributed by atoms with Crippen LogP contribution < -0.4 is 14.8 Å². The SMILES string of the molecule is CN1CC[C@@H](CNC(=O)CCSc2ccc3c(c2)OCCO3)C1. The van der Waals surface area contributed by atoms with Gasteiger partial charge < -0.3 is 19.7 Å². The second-order valence-corrected chi connectivity index (χ2v) is 7.29. The van der Waals surface area contributed by atoms with E-state index in [9.17, 15) is 4.79 Å². The minimum Gasteiger partial charge on any atom is -0.486 e. The maximum absolute atomic E-state index is 11.9. The van der Waals surface area contributed by atoms with Crippen LogP contribution in [0.2, 0.25) is 0 Å². The predicted octanol–water partition coefficient (Wildman–Crippen LogP) is 2.01. The Bertz CT molecular complexity index is 553. The van der Waals surface area contributed by atoms with Crippen LogP contribution in [0, 0.1) is 5.92 Å². The molecule has 1 amide bonds. The largest absolute Gasteiger partial charge is 0.486 e. The summed E-state index contributed by atoms with van der Waals surface area (Å²) in [5, 5.41) is 3.06. The number of hydrogen-bond donors (Lipinski definition) is 1. The first-order valence-corrected chi connectivity index (χ1v) is 9.17. The second kappa shape index (κ2) is 7.93. The molecule has 23 heavy (non-hydrogen) atoms. The molecule has 3 rings (SSSR count). The van der Waals surface area contributed by atoms with Crippen molar-refractivity contribution in [2.75, 3.05) is 45.6 Å². The smallest absolute Gasteiger partial charge is 0.220 e. The van der Waals surface area contributed by atoms with E-state index in [2.05, 4.69) is 17.3 Å². The Kier molecular flexibility index (Phi) is 5.67. The lowest BCUT2D eigenvalue weighted by Gasteiger charge is -2.18. The third-order valence-corrected chi connectivity index (χ3v) is 5.18. The Labute approximate surface area is 141 Å². The molecule has 1 N–H and O–H groups in total. The van der Waals surface area contributed by atoms with Crippen LogP contribution in [-0.2, 0) is 4.79 Å². The first kappa shape index (κ1) is 16.5. The van der Waals surface area contributed by atoms with E-state index in [1.807, 2.05) is 18.2 Å². The number of carbonyl (C=O) groups excluding carboxylic acids is 1. The highest BCUT2D eigenvalue weighted by atomic mass is 32.2. The van der Waals surface area contributed by atoms with E-state index in [0.717, 1.165) is 41.8 Å². The summed E-state index contributed by atoms with van der Waals surface area (Å²) in [6, 6.07) is 5.95. The highest BCUT2D eigenvalue weighted by Gasteiger charge is 2.19. The summed E-state index contributed by atoms with van der Waals surface area (Å²) in [5.74, 6) is 3.13. The second-order valence-electron chi connectivity index (χ2n) is 6.12. The molecule has 2 aliphatic heterocycles. The number of hydrogen-bond acceptors (Lipinski definition) is 5. The van der Waals surface area contributed by atoms with Gasteiger partial charge in [-0.2, -0.15) is 0 Å². The fourth-order valence-corrected chi connectivity index (χ4v) is 3.79. The Morgan fingerprint density at radius 2 is 2.17 bits per heavy atom. The molecule has 5 nitrogen and oxygen atoms in total. The molecule has 1 aromatic rings. The van der Waals surface area contributed by atoms with Gasteiger partial charge in [-0.25, -0.2) is 0 Å². The van der Waals surface area contributed by atoms with Crippen molar-refractivity contribution in [1.29, 1.82) is 0 Å². The van der Waals surface area contributed by atoms with Gasteiger partial charge >= 0.3 is 0 Å². The molecule has 0 spiro atoms. The van der Waals surface area contributed by atoms with E-state index in [-0.39, 0.29) is 5.91 Å². The number of benzene rings is 1. The summed E-state index contributed by atoms with van der Waals surface area (Å²) in [6.45, 7) is 4.24. The Balaban J connectivity index is 1.36. The molecule has 2 aliphatic rings. The van der Waals surface area contributed by atoms with Crippen LogP contribution in [0.3, 0.4) is 0 Å². The van der Waals surface area contributed by atoms with Gasteiger partial charge in [-0.05, 0) is 44.1 Å². The van der Waals surface area contributed by atoms with E-state index in [1.54, 1.807) is 11.8 Å². The third kappa shape index (κ3) is 4.78. The molecule has 1 fully saturated rings. The summed E-state index contributed by atoms with van der Waals surface area (Å²) >= 11 is 1.68. The summed E-state index contributed by atoms with van der Waals surface area (Å²) in [4.78, 5) is 15.3. The van der Waals surface area contributed by atoms with Crippen molar-refractivity contribution in [3.8, 4) is 11.5 Å². The average molecular weight is 336 g/mol. The number of carbonyl (C=O) groups is 1. The number of nitrogens with zero attached hydrogens (tertiary/aromatic N) is 1.